The van der Waals surface area contributed by atoms with Gasteiger partial charge in [-0.25, -0.2) is 4.79 Å². The summed E-state index contributed by atoms with van der Waals surface area (Å²) in [5.74, 6) is -0.991. The summed E-state index contributed by atoms with van der Waals surface area (Å²) in [6.45, 7) is 1.60. The molecule has 0 radical (unpaired) electrons. The minimum absolute atomic E-state index is 0.0353. The molecule has 2 aromatic rings. The number of amides is 1. The molecule has 6 nitrogen and oxygen atoms in total. The van der Waals surface area contributed by atoms with Crippen molar-refractivity contribution in [3.8, 4) is 5.75 Å². The van der Waals surface area contributed by atoms with Gasteiger partial charge in [0.2, 0.25) is 5.91 Å². The molecule has 0 spiro atoms. The number of para-hydroxylation sites is 1. The first-order valence-electron chi connectivity index (χ1n) is 8.31. The van der Waals surface area contributed by atoms with Gasteiger partial charge in [0.25, 0.3) is 0 Å². The Balaban J connectivity index is 2.13. The number of esters is 1. The Kier molecular flexibility index (Phi) is 6.86. The van der Waals surface area contributed by atoms with Crippen LogP contribution in [0.3, 0.4) is 0 Å². The van der Waals surface area contributed by atoms with Crippen LogP contribution < -0.4 is 15.4 Å². The number of anilines is 2. The minimum Gasteiger partial charge on any atom is -0.492 e. The molecule has 0 saturated carbocycles. The molecule has 0 fully saturated rings. The molecule has 2 rings (SSSR count). The third kappa shape index (κ3) is 5.38. The molecule has 0 atom stereocenters. The van der Waals surface area contributed by atoms with Crippen LogP contribution in [0.4, 0.5) is 24.5 Å². The van der Waals surface area contributed by atoms with E-state index in [1.807, 2.05) is 0 Å². The van der Waals surface area contributed by atoms with Gasteiger partial charge >= 0.3 is 12.1 Å². The van der Waals surface area contributed by atoms with Crippen molar-refractivity contribution in [1.29, 1.82) is 0 Å². The van der Waals surface area contributed by atoms with Crippen LogP contribution in [-0.2, 0) is 15.7 Å². The van der Waals surface area contributed by atoms with Crippen molar-refractivity contribution in [3.63, 3.8) is 0 Å². The number of carbonyl (C=O) groups excluding carboxylic acids is 2. The molecule has 9 heteroatoms. The minimum atomic E-state index is -4.52. The van der Waals surface area contributed by atoms with Crippen LogP contribution in [0.25, 0.3) is 0 Å². The van der Waals surface area contributed by atoms with Crippen LogP contribution in [0.2, 0.25) is 0 Å². The number of rotatable bonds is 7. The maximum absolute atomic E-state index is 12.9. The molecular weight excluding hydrogens is 377 g/mol. The van der Waals surface area contributed by atoms with E-state index in [2.05, 4.69) is 15.4 Å². The number of hydrogen-bond donors (Lipinski definition) is 2. The van der Waals surface area contributed by atoms with Crippen molar-refractivity contribution in [2.75, 3.05) is 30.9 Å². The van der Waals surface area contributed by atoms with Gasteiger partial charge in [0.15, 0.2) is 0 Å². The first-order chi connectivity index (χ1) is 13.3. The third-order valence-electron chi connectivity index (χ3n) is 3.65. The highest BCUT2D eigenvalue weighted by atomic mass is 19.4. The predicted octanol–water partition coefficient (Wildman–Crippen LogP) is 3.94. The van der Waals surface area contributed by atoms with Crippen molar-refractivity contribution in [2.24, 2.45) is 0 Å². The molecule has 0 heterocycles. The van der Waals surface area contributed by atoms with E-state index in [9.17, 15) is 22.8 Å². The SMILES string of the molecule is CCOc1ccc(C(F)(F)F)cc1NCC(=O)Nc1ccccc1C(=O)OC. The second kappa shape index (κ2) is 9.12. The largest absolute Gasteiger partial charge is 0.492 e. The molecule has 0 saturated heterocycles. The number of halogens is 3. The molecule has 0 aliphatic heterocycles. The first kappa shape index (κ1) is 21.1. The fourth-order valence-electron chi connectivity index (χ4n) is 2.38. The van der Waals surface area contributed by atoms with Gasteiger partial charge in [0, 0.05) is 0 Å². The van der Waals surface area contributed by atoms with E-state index >= 15 is 0 Å². The normalized spacial score (nSPS) is 10.9. The Morgan fingerprint density at radius 1 is 1.07 bits per heavy atom. The monoisotopic (exact) mass is 396 g/mol. The number of nitrogens with one attached hydrogen (secondary N) is 2. The lowest BCUT2D eigenvalue weighted by atomic mass is 10.1. The summed E-state index contributed by atoms with van der Waals surface area (Å²) in [5, 5.41) is 5.17. The van der Waals surface area contributed by atoms with Crippen molar-refractivity contribution < 1.29 is 32.2 Å². The number of hydrogen-bond acceptors (Lipinski definition) is 5. The zero-order valence-electron chi connectivity index (χ0n) is 15.2. The summed E-state index contributed by atoms with van der Waals surface area (Å²) < 4.78 is 48.7. The molecule has 0 aromatic heterocycles. The number of benzene rings is 2. The van der Waals surface area contributed by atoms with E-state index in [0.717, 1.165) is 12.1 Å². The van der Waals surface area contributed by atoms with Gasteiger partial charge in [0.05, 0.1) is 42.8 Å². The molecule has 1 amide bonds. The second-order valence-corrected chi connectivity index (χ2v) is 5.58. The van der Waals surface area contributed by atoms with Crippen LogP contribution in [-0.4, -0.2) is 32.1 Å². The molecule has 0 aliphatic rings. The highest BCUT2D eigenvalue weighted by Crippen LogP contribution is 2.35. The zero-order valence-corrected chi connectivity index (χ0v) is 15.2. The van der Waals surface area contributed by atoms with Crippen LogP contribution >= 0.6 is 0 Å². The number of methoxy groups -OCH3 is 1. The molecule has 150 valence electrons. The molecular formula is C19H19F3N2O4. The first-order valence-corrected chi connectivity index (χ1v) is 8.31. The van der Waals surface area contributed by atoms with Gasteiger partial charge in [-0.05, 0) is 37.3 Å². The smallest absolute Gasteiger partial charge is 0.416 e. The average Bonchev–Trinajstić information content (AvgIpc) is 2.66. The Hall–Kier alpha value is -3.23. The fraction of sp³-hybridized carbons (Fsp3) is 0.263. The standard InChI is InChI=1S/C19H19F3N2O4/c1-3-28-16-9-8-12(19(20,21)22)10-15(16)23-11-17(25)24-14-7-5-4-6-13(14)18(26)27-2/h4-10,23H,3,11H2,1-2H3,(H,24,25). The topological polar surface area (TPSA) is 76.7 Å². The summed E-state index contributed by atoms with van der Waals surface area (Å²) in [6, 6.07) is 9.20. The number of alkyl halides is 3. The summed E-state index contributed by atoms with van der Waals surface area (Å²) >= 11 is 0. The Bertz CT molecular complexity index is 853. The van der Waals surface area contributed by atoms with Gasteiger partial charge in [-0.2, -0.15) is 13.2 Å². The van der Waals surface area contributed by atoms with Gasteiger partial charge in [0.1, 0.15) is 5.75 Å². The van der Waals surface area contributed by atoms with Crippen LogP contribution in [0.15, 0.2) is 42.5 Å². The van der Waals surface area contributed by atoms with E-state index in [-0.39, 0.29) is 35.8 Å². The quantitative estimate of drug-likeness (QED) is 0.694. The van der Waals surface area contributed by atoms with E-state index in [0.29, 0.717) is 0 Å². The van der Waals surface area contributed by atoms with Crippen molar-refractivity contribution in [1.82, 2.24) is 0 Å². The van der Waals surface area contributed by atoms with Gasteiger partial charge in [-0.15, -0.1) is 0 Å². The molecule has 2 aromatic carbocycles. The lowest BCUT2D eigenvalue weighted by Gasteiger charge is -2.15. The average molecular weight is 396 g/mol. The van der Waals surface area contributed by atoms with Crippen molar-refractivity contribution in [2.45, 2.75) is 13.1 Å². The molecule has 0 aliphatic carbocycles. The van der Waals surface area contributed by atoms with E-state index in [4.69, 9.17) is 4.74 Å². The molecule has 2 N–H and O–H groups in total. The summed E-state index contributed by atoms with van der Waals surface area (Å²) in [5.41, 5.74) is -0.439. The van der Waals surface area contributed by atoms with Gasteiger partial charge in [-0.3, -0.25) is 4.79 Å². The summed E-state index contributed by atoms with van der Waals surface area (Å²) in [6.07, 6.45) is -4.52. The molecule has 28 heavy (non-hydrogen) atoms. The van der Waals surface area contributed by atoms with E-state index in [1.54, 1.807) is 19.1 Å². The predicted molar refractivity (Wildman–Crippen MR) is 97.5 cm³/mol. The fourth-order valence-corrected chi connectivity index (χ4v) is 2.38. The van der Waals surface area contributed by atoms with Crippen LogP contribution in [0.5, 0.6) is 5.75 Å². The Morgan fingerprint density at radius 2 is 1.79 bits per heavy atom. The number of ether oxygens (including phenoxy) is 2. The Morgan fingerprint density at radius 3 is 2.43 bits per heavy atom. The van der Waals surface area contributed by atoms with Crippen molar-refractivity contribution >= 4 is 23.3 Å². The maximum Gasteiger partial charge on any atom is 0.416 e. The second-order valence-electron chi connectivity index (χ2n) is 5.58. The molecule has 0 bridgehead atoms. The van der Waals surface area contributed by atoms with E-state index in [1.165, 1.54) is 25.3 Å². The lowest BCUT2D eigenvalue weighted by Crippen LogP contribution is -2.23. The van der Waals surface area contributed by atoms with Crippen LogP contribution in [0, 0.1) is 0 Å². The summed E-state index contributed by atoms with van der Waals surface area (Å²) in [4.78, 5) is 23.9. The van der Waals surface area contributed by atoms with Gasteiger partial charge < -0.3 is 20.1 Å². The Labute approximate surface area is 159 Å². The van der Waals surface area contributed by atoms with E-state index < -0.39 is 23.6 Å². The van der Waals surface area contributed by atoms with Crippen molar-refractivity contribution in [3.05, 3.63) is 53.6 Å². The highest BCUT2D eigenvalue weighted by molar-refractivity contribution is 6.02. The maximum atomic E-state index is 12.9. The number of carbonyl (C=O) groups is 2. The van der Waals surface area contributed by atoms with Gasteiger partial charge in [-0.1, -0.05) is 12.1 Å². The molecule has 0 unspecified atom stereocenters. The van der Waals surface area contributed by atoms with Crippen LogP contribution in [0.1, 0.15) is 22.8 Å². The zero-order chi connectivity index (χ0) is 20.7. The lowest BCUT2D eigenvalue weighted by molar-refractivity contribution is -0.137. The third-order valence-corrected chi connectivity index (χ3v) is 3.65. The highest BCUT2D eigenvalue weighted by Gasteiger charge is 2.31. The summed E-state index contributed by atoms with van der Waals surface area (Å²) in [7, 11) is 1.21.